The van der Waals surface area contributed by atoms with Crippen LogP contribution in [0, 0.1) is 0 Å². The van der Waals surface area contributed by atoms with Gasteiger partial charge in [0.1, 0.15) is 30.0 Å². The summed E-state index contributed by atoms with van der Waals surface area (Å²) in [7, 11) is 1.00. The Balaban J connectivity index is 0.00000132. The topological polar surface area (TPSA) is 85.7 Å². The number of hydrogen-bond acceptors (Lipinski definition) is 5. The van der Waals surface area contributed by atoms with E-state index in [-0.39, 0.29) is 0 Å². The monoisotopic (exact) mass is 417 g/mol. The molecule has 0 atom stereocenters. The van der Waals surface area contributed by atoms with E-state index in [4.69, 9.17) is 20.0 Å². The highest BCUT2D eigenvalue weighted by atomic mass is 16.5. The molecule has 0 saturated carbocycles. The smallest absolute Gasteiger partial charge is 0.146 e. The Labute approximate surface area is 182 Å². The maximum Gasteiger partial charge on any atom is 0.146 e. The van der Waals surface area contributed by atoms with Crippen molar-refractivity contribution >= 4 is 17.3 Å². The third-order valence-electron chi connectivity index (χ3n) is 4.94. The number of aldehydes is 1. The van der Waals surface area contributed by atoms with Crippen molar-refractivity contribution in [3.05, 3.63) is 89.7 Å². The van der Waals surface area contributed by atoms with Gasteiger partial charge in [-0.15, -0.1) is 0 Å². The first-order chi connectivity index (χ1) is 15.3. The zero-order valence-corrected chi connectivity index (χ0v) is 17.6. The SMILES string of the molecule is CO.NCc1cccc(-c2cccc3cc(COc4ccccc4CCC=O)oc23)c1. The van der Waals surface area contributed by atoms with Crippen LogP contribution in [0.5, 0.6) is 5.75 Å². The van der Waals surface area contributed by atoms with Crippen LogP contribution in [0.15, 0.2) is 77.2 Å². The number of rotatable bonds is 8. The van der Waals surface area contributed by atoms with E-state index in [2.05, 4.69) is 18.2 Å². The van der Waals surface area contributed by atoms with E-state index in [1.165, 1.54) is 0 Å². The molecular formula is C26H27NO4. The number of aryl methyl sites for hydroxylation is 1. The number of aliphatic hydroxyl groups is 1. The van der Waals surface area contributed by atoms with Gasteiger partial charge in [0.05, 0.1) is 0 Å². The molecule has 160 valence electrons. The first-order valence-corrected chi connectivity index (χ1v) is 10.2. The van der Waals surface area contributed by atoms with Crippen LogP contribution in [0.3, 0.4) is 0 Å². The zero-order chi connectivity index (χ0) is 22.1. The standard InChI is InChI=1S/C25H23NO3.CH4O/c26-16-18-6-3-8-20(14-18)23-11-4-9-21-15-22(29-25(21)23)17-28-24-12-2-1-7-19(24)10-5-13-27;1-2/h1-4,6-9,11-15H,5,10,16-17,26H2;2H,1H3. The van der Waals surface area contributed by atoms with E-state index in [1.54, 1.807) is 0 Å². The summed E-state index contributed by atoms with van der Waals surface area (Å²) in [5, 5.41) is 8.04. The molecule has 0 radical (unpaired) electrons. The third-order valence-corrected chi connectivity index (χ3v) is 4.94. The van der Waals surface area contributed by atoms with Crippen molar-refractivity contribution < 1.29 is 19.1 Å². The van der Waals surface area contributed by atoms with Crippen LogP contribution < -0.4 is 10.5 Å². The molecule has 0 aliphatic carbocycles. The van der Waals surface area contributed by atoms with E-state index in [0.717, 1.165) is 58.1 Å². The fraction of sp³-hybridized carbons (Fsp3) is 0.192. The number of aliphatic hydroxyl groups excluding tert-OH is 1. The molecular weight excluding hydrogens is 390 g/mol. The fourth-order valence-corrected chi connectivity index (χ4v) is 3.50. The molecule has 0 saturated heterocycles. The largest absolute Gasteiger partial charge is 0.485 e. The maximum atomic E-state index is 10.7. The lowest BCUT2D eigenvalue weighted by atomic mass is 10.0. The molecule has 0 aliphatic heterocycles. The molecule has 1 heterocycles. The van der Waals surface area contributed by atoms with Gasteiger partial charge < -0.3 is 24.8 Å². The average Bonchev–Trinajstić information content (AvgIpc) is 3.26. The number of carbonyl (C=O) groups excluding carboxylic acids is 1. The molecule has 31 heavy (non-hydrogen) atoms. The summed E-state index contributed by atoms with van der Waals surface area (Å²) in [6, 6.07) is 24.1. The summed E-state index contributed by atoms with van der Waals surface area (Å²) < 4.78 is 12.2. The van der Waals surface area contributed by atoms with Crippen molar-refractivity contribution in [2.75, 3.05) is 7.11 Å². The molecule has 0 bridgehead atoms. The van der Waals surface area contributed by atoms with Gasteiger partial charge in [-0.2, -0.15) is 0 Å². The second-order valence-electron chi connectivity index (χ2n) is 6.94. The zero-order valence-electron chi connectivity index (χ0n) is 17.6. The second-order valence-corrected chi connectivity index (χ2v) is 6.94. The van der Waals surface area contributed by atoms with Crippen molar-refractivity contribution in [2.24, 2.45) is 5.73 Å². The lowest BCUT2D eigenvalue weighted by molar-refractivity contribution is -0.107. The van der Waals surface area contributed by atoms with E-state index >= 15 is 0 Å². The minimum atomic E-state index is 0.328. The first-order valence-electron chi connectivity index (χ1n) is 10.2. The normalized spacial score (nSPS) is 10.4. The minimum Gasteiger partial charge on any atom is -0.485 e. The van der Waals surface area contributed by atoms with Gasteiger partial charge in [0, 0.05) is 31.0 Å². The summed E-state index contributed by atoms with van der Waals surface area (Å²) in [6.45, 7) is 0.833. The van der Waals surface area contributed by atoms with Crippen molar-refractivity contribution in [1.29, 1.82) is 0 Å². The van der Waals surface area contributed by atoms with E-state index in [1.807, 2.05) is 54.6 Å². The number of furan rings is 1. The number of fused-ring (bicyclic) bond motifs is 1. The molecule has 0 fully saturated rings. The number of carbonyl (C=O) groups is 1. The van der Waals surface area contributed by atoms with Gasteiger partial charge >= 0.3 is 0 Å². The Kier molecular flexibility index (Phi) is 7.98. The summed E-state index contributed by atoms with van der Waals surface area (Å²) in [6.07, 6.45) is 2.08. The van der Waals surface area contributed by atoms with E-state index in [9.17, 15) is 4.79 Å². The quantitative estimate of drug-likeness (QED) is 0.399. The molecule has 1 aromatic heterocycles. The average molecular weight is 418 g/mol. The molecule has 3 aromatic carbocycles. The molecule has 3 N–H and O–H groups in total. The van der Waals surface area contributed by atoms with Crippen LogP contribution in [0.1, 0.15) is 23.3 Å². The summed E-state index contributed by atoms with van der Waals surface area (Å²) in [4.78, 5) is 10.7. The van der Waals surface area contributed by atoms with Crippen LogP contribution in [-0.2, 0) is 24.4 Å². The third kappa shape index (κ3) is 5.40. The highest BCUT2D eigenvalue weighted by Crippen LogP contribution is 2.32. The highest BCUT2D eigenvalue weighted by Gasteiger charge is 2.11. The van der Waals surface area contributed by atoms with Crippen molar-refractivity contribution in [3.63, 3.8) is 0 Å². The Morgan fingerprint density at radius 3 is 2.61 bits per heavy atom. The van der Waals surface area contributed by atoms with Gasteiger partial charge in [-0.1, -0.05) is 54.6 Å². The Bertz CT molecular complexity index is 1130. The summed E-state index contributed by atoms with van der Waals surface area (Å²) in [5.74, 6) is 1.54. The van der Waals surface area contributed by atoms with Crippen molar-refractivity contribution in [1.82, 2.24) is 0 Å². The number of nitrogens with two attached hydrogens (primary N) is 1. The Morgan fingerprint density at radius 1 is 1.00 bits per heavy atom. The van der Waals surface area contributed by atoms with Crippen molar-refractivity contribution in [2.45, 2.75) is 26.0 Å². The van der Waals surface area contributed by atoms with Gasteiger partial charge in [0.15, 0.2) is 0 Å². The van der Waals surface area contributed by atoms with Crippen molar-refractivity contribution in [3.8, 4) is 16.9 Å². The van der Waals surface area contributed by atoms with Crippen LogP contribution in [-0.4, -0.2) is 18.5 Å². The molecule has 5 nitrogen and oxygen atoms in total. The fourth-order valence-electron chi connectivity index (χ4n) is 3.50. The molecule has 4 aromatic rings. The highest BCUT2D eigenvalue weighted by molar-refractivity contribution is 5.92. The minimum absolute atomic E-state index is 0.328. The lowest BCUT2D eigenvalue weighted by Crippen LogP contribution is -1.98. The van der Waals surface area contributed by atoms with Gasteiger partial charge in [-0.3, -0.25) is 0 Å². The molecule has 5 heteroatoms. The van der Waals surface area contributed by atoms with Gasteiger partial charge in [-0.25, -0.2) is 0 Å². The maximum absolute atomic E-state index is 10.7. The molecule has 0 spiro atoms. The van der Waals surface area contributed by atoms with E-state index < -0.39 is 0 Å². The van der Waals surface area contributed by atoms with Crippen LogP contribution in [0.2, 0.25) is 0 Å². The van der Waals surface area contributed by atoms with E-state index in [0.29, 0.717) is 26.0 Å². The predicted molar refractivity (Wildman–Crippen MR) is 123 cm³/mol. The van der Waals surface area contributed by atoms with Crippen LogP contribution in [0.4, 0.5) is 0 Å². The molecule has 0 aliphatic rings. The van der Waals surface area contributed by atoms with Gasteiger partial charge in [0.2, 0.25) is 0 Å². The van der Waals surface area contributed by atoms with Gasteiger partial charge in [-0.05, 0) is 41.3 Å². The summed E-state index contributed by atoms with van der Waals surface area (Å²) in [5.41, 5.74) is 10.9. The molecule has 0 unspecified atom stereocenters. The Morgan fingerprint density at radius 2 is 1.81 bits per heavy atom. The number of para-hydroxylation sites is 2. The molecule has 4 rings (SSSR count). The number of hydrogen-bond donors (Lipinski definition) is 2. The predicted octanol–water partition coefficient (Wildman–Crippen LogP) is 4.88. The first kappa shape index (κ1) is 22.3. The van der Waals surface area contributed by atoms with Crippen LogP contribution >= 0.6 is 0 Å². The number of ether oxygens (including phenoxy) is 1. The number of benzene rings is 3. The van der Waals surface area contributed by atoms with Crippen LogP contribution in [0.25, 0.3) is 22.1 Å². The summed E-state index contributed by atoms with van der Waals surface area (Å²) >= 11 is 0. The Hall–Kier alpha value is -3.41. The lowest BCUT2D eigenvalue weighted by Gasteiger charge is -2.09. The van der Waals surface area contributed by atoms with Gasteiger partial charge in [0.25, 0.3) is 0 Å². The molecule has 0 amide bonds. The second kappa shape index (κ2) is 11.1.